The molecule has 0 bridgehead atoms. The fraction of sp³-hybridized carbons (Fsp3) is 0.800. The lowest BCUT2D eigenvalue weighted by Crippen LogP contribution is -2.64. The molecule has 144 valence electrons. The van der Waals surface area contributed by atoms with E-state index in [1.54, 1.807) is 0 Å². The average Bonchev–Trinajstić information content (AvgIpc) is 2.48. The van der Waals surface area contributed by atoms with Gasteiger partial charge in [-0.25, -0.2) is 0 Å². The summed E-state index contributed by atoms with van der Waals surface area (Å²) in [5.41, 5.74) is 0. The van der Waals surface area contributed by atoms with E-state index in [1.165, 1.54) is 28.1 Å². The van der Waals surface area contributed by atoms with Crippen LogP contribution in [0.4, 0.5) is 0 Å². The number of rotatable bonds is 7. The average molecular weight is 364 g/mol. The van der Waals surface area contributed by atoms with Crippen molar-refractivity contribution in [3.63, 3.8) is 0 Å². The van der Waals surface area contributed by atoms with Crippen molar-refractivity contribution in [1.82, 2.24) is 0 Å². The molecule has 1 rings (SSSR count). The van der Waals surface area contributed by atoms with Gasteiger partial charge >= 0.3 is 17.9 Å². The summed E-state index contributed by atoms with van der Waals surface area (Å²) in [6.07, 6.45) is -7.06. The van der Waals surface area contributed by atoms with Gasteiger partial charge in [0.2, 0.25) is 0 Å². The molecule has 0 amide bonds. The van der Waals surface area contributed by atoms with Crippen molar-refractivity contribution >= 4 is 17.9 Å². The Morgan fingerprint density at radius 2 is 1.52 bits per heavy atom. The number of ether oxygens (including phenoxy) is 6. The smallest absolute Gasteiger partial charge is 0.303 e. The second kappa shape index (κ2) is 9.66. The van der Waals surface area contributed by atoms with E-state index in [9.17, 15) is 19.5 Å². The zero-order valence-corrected chi connectivity index (χ0v) is 14.8. The number of carbonyl (C=O) groups excluding carboxylic acids is 3. The summed E-state index contributed by atoms with van der Waals surface area (Å²) in [4.78, 5) is 34.1. The Morgan fingerprint density at radius 1 is 0.960 bits per heavy atom. The van der Waals surface area contributed by atoms with E-state index in [2.05, 4.69) is 0 Å². The molecule has 0 aromatic rings. The van der Waals surface area contributed by atoms with Crippen molar-refractivity contribution in [1.29, 1.82) is 0 Å². The SMILES string of the molecule is COC[C@@H](OC(C)=O)[C@H]1OC(O)[C@H](OC(C)=O)[C@@H](OC)[C@@H]1OC(C)=O. The zero-order chi connectivity index (χ0) is 19.1. The molecule has 6 atom stereocenters. The van der Waals surface area contributed by atoms with Crippen LogP contribution in [0, 0.1) is 0 Å². The summed E-state index contributed by atoms with van der Waals surface area (Å²) in [6, 6.07) is 0. The molecule has 0 aliphatic carbocycles. The molecule has 0 aromatic carbocycles. The van der Waals surface area contributed by atoms with Crippen molar-refractivity contribution < 1.29 is 47.9 Å². The first-order valence-electron chi connectivity index (χ1n) is 7.58. The minimum absolute atomic E-state index is 0.0800. The van der Waals surface area contributed by atoms with Gasteiger partial charge in [0.25, 0.3) is 0 Å². The number of aliphatic hydroxyl groups excluding tert-OH is 1. The highest BCUT2D eigenvalue weighted by Crippen LogP contribution is 2.30. The van der Waals surface area contributed by atoms with Crippen molar-refractivity contribution in [3.05, 3.63) is 0 Å². The molecule has 1 saturated heterocycles. The predicted molar refractivity (Wildman–Crippen MR) is 80.2 cm³/mol. The number of aliphatic hydroxyl groups is 1. The maximum Gasteiger partial charge on any atom is 0.303 e. The van der Waals surface area contributed by atoms with Crippen molar-refractivity contribution in [2.24, 2.45) is 0 Å². The molecule has 1 heterocycles. The normalized spacial score (nSPS) is 30.2. The van der Waals surface area contributed by atoms with Gasteiger partial charge in [-0.2, -0.15) is 0 Å². The van der Waals surface area contributed by atoms with Gasteiger partial charge < -0.3 is 33.5 Å². The molecule has 1 unspecified atom stereocenters. The van der Waals surface area contributed by atoms with Crippen LogP contribution in [0.2, 0.25) is 0 Å². The lowest BCUT2D eigenvalue weighted by molar-refractivity contribution is -0.308. The van der Waals surface area contributed by atoms with Gasteiger partial charge in [0.05, 0.1) is 6.61 Å². The molecular weight excluding hydrogens is 340 g/mol. The Balaban J connectivity index is 3.18. The molecule has 1 aliphatic rings. The lowest BCUT2D eigenvalue weighted by Gasteiger charge is -2.44. The minimum atomic E-state index is -1.58. The van der Waals surface area contributed by atoms with Crippen LogP contribution in [0.25, 0.3) is 0 Å². The molecule has 10 nitrogen and oxygen atoms in total. The van der Waals surface area contributed by atoms with E-state index in [0.29, 0.717) is 0 Å². The summed E-state index contributed by atoms with van der Waals surface area (Å²) in [6.45, 7) is 3.44. The Labute approximate surface area is 145 Å². The van der Waals surface area contributed by atoms with Crippen LogP contribution in [0.1, 0.15) is 20.8 Å². The zero-order valence-electron chi connectivity index (χ0n) is 14.8. The Hall–Kier alpha value is -1.75. The van der Waals surface area contributed by atoms with E-state index < -0.39 is 54.7 Å². The first kappa shape index (κ1) is 21.3. The third kappa shape index (κ3) is 5.92. The third-order valence-corrected chi connectivity index (χ3v) is 3.44. The summed E-state index contributed by atoms with van der Waals surface area (Å²) < 4.78 is 31.1. The van der Waals surface area contributed by atoms with E-state index in [1.807, 2.05) is 0 Å². The Morgan fingerprint density at radius 3 is 1.96 bits per heavy atom. The lowest BCUT2D eigenvalue weighted by atomic mass is 9.94. The molecule has 1 fully saturated rings. The van der Waals surface area contributed by atoms with Gasteiger partial charge in [-0.3, -0.25) is 14.4 Å². The summed E-state index contributed by atoms with van der Waals surface area (Å²) in [5.74, 6) is -1.95. The van der Waals surface area contributed by atoms with Crippen LogP contribution in [-0.4, -0.2) is 80.7 Å². The maximum atomic E-state index is 11.5. The summed E-state index contributed by atoms with van der Waals surface area (Å²) >= 11 is 0. The fourth-order valence-corrected chi connectivity index (χ4v) is 2.64. The topological polar surface area (TPSA) is 127 Å². The first-order valence-corrected chi connectivity index (χ1v) is 7.58. The van der Waals surface area contributed by atoms with Crippen LogP contribution < -0.4 is 0 Å². The van der Waals surface area contributed by atoms with E-state index in [0.717, 1.165) is 6.92 Å². The molecule has 0 radical (unpaired) electrons. The highest BCUT2D eigenvalue weighted by molar-refractivity contribution is 5.67. The number of carbonyl (C=O) groups is 3. The van der Waals surface area contributed by atoms with Crippen LogP contribution >= 0.6 is 0 Å². The number of methoxy groups -OCH3 is 2. The van der Waals surface area contributed by atoms with Crippen molar-refractivity contribution in [3.8, 4) is 0 Å². The summed E-state index contributed by atoms with van der Waals surface area (Å²) in [5, 5.41) is 10.2. The Kier molecular flexibility index (Phi) is 8.23. The molecule has 25 heavy (non-hydrogen) atoms. The molecule has 10 heteroatoms. The van der Waals surface area contributed by atoms with Crippen LogP contribution in [0.15, 0.2) is 0 Å². The van der Waals surface area contributed by atoms with E-state index in [4.69, 9.17) is 28.4 Å². The highest BCUT2D eigenvalue weighted by Gasteiger charge is 2.52. The van der Waals surface area contributed by atoms with Gasteiger partial charge in [0, 0.05) is 35.0 Å². The van der Waals surface area contributed by atoms with Gasteiger partial charge in [-0.15, -0.1) is 0 Å². The van der Waals surface area contributed by atoms with Gasteiger partial charge in [-0.1, -0.05) is 0 Å². The predicted octanol–water partition coefficient (Wildman–Crippen LogP) is -0.840. The molecular formula is C15H24O10. The number of hydrogen-bond acceptors (Lipinski definition) is 10. The first-order chi connectivity index (χ1) is 11.7. The number of hydrogen-bond donors (Lipinski definition) is 1. The minimum Gasteiger partial charge on any atom is -0.457 e. The molecule has 1 aliphatic heterocycles. The second-order valence-corrected chi connectivity index (χ2v) is 5.44. The standard InChI is InChI=1S/C15H24O10/c1-7(16)22-10(6-20-4)11-13(23-8(2)17)12(21-5)14(15(19)25-11)24-9(3)18/h10-15,19H,6H2,1-5H3/t10-,11-,12+,13-,14-,15?/m1/s1. The quantitative estimate of drug-likeness (QED) is 0.451. The second-order valence-electron chi connectivity index (χ2n) is 5.44. The number of esters is 3. The van der Waals surface area contributed by atoms with Crippen LogP contribution in [0.3, 0.4) is 0 Å². The highest BCUT2D eigenvalue weighted by atomic mass is 16.7. The molecule has 1 N–H and O–H groups in total. The van der Waals surface area contributed by atoms with E-state index in [-0.39, 0.29) is 6.61 Å². The summed E-state index contributed by atoms with van der Waals surface area (Å²) in [7, 11) is 2.68. The van der Waals surface area contributed by atoms with Crippen molar-refractivity contribution in [2.45, 2.75) is 57.6 Å². The van der Waals surface area contributed by atoms with Crippen LogP contribution in [0.5, 0.6) is 0 Å². The largest absolute Gasteiger partial charge is 0.457 e. The molecule has 0 aromatic heterocycles. The van der Waals surface area contributed by atoms with Gasteiger partial charge in [0.1, 0.15) is 12.2 Å². The van der Waals surface area contributed by atoms with Gasteiger partial charge in [0.15, 0.2) is 24.6 Å². The molecule has 0 spiro atoms. The van der Waals surface area contributed by atoms with E-state index >= 15 is 0 Å². The molecule has 0 saturated carbocycles. The van der Waals surface area contributed by atoms with Crippen LogP contribution in [-0.2, 0) is 42.8 Å². The fourth-order valence-electron chi connectivity index (χ4n) is 2.64. The maximum absolute atomic E-state index is 11.5. The Bertz CT molecular complexity index is 479. The third-order valence-electron chi connectivity index (χ3n) is 3.44. The monoisotopic (exact) mass is 364 g/mol. The van der Waals surface area contributed by atoms with Crippen molar-refractivity contribution in [2.75, 3.05) is 20.8 Å². The van der Waals surface area contributed by atoms with Gasteiger partial charge in [-0.05, 0) is 0 Å².